The summed E-state index contributed by atoms with van der Waals surface area (Å²) < 4.78 is 5.71. The molecule has 2 heterocycles. The lowest BCUT2D eigenvalue weighted by atomic mass is 10.1. The molecule has 0 bridgehead atoms. The molecule has 1 aromatic carbocycles. The third-order valence-electron chi connectivity index (χ3n) is 4.01. The monoisotopic (exact) mass is 323 g/mol. The van der Waals surface area contributed by atoms with Gasteiger partial charge in [0.05, 0.1) is 6.54 Å². The van der Waals surface area contributed by atoms with Crippen molar-refractivity contribution in [3.8, 4) is 23.2 Å². The van der Waals surface area contributed by atoms with Crippen molar-refractivity contribution in [2.45, 2.75) is 18.9 Å². The SMILES string of the molecule is NCC#Cc1ccc(-c2ccc(C(=O)NC3CCNCC3)o2)cc1. The number of hydrogen-bond acceptors (Lipinski definition) is 4. The Hall–Kier alpha value is -2.55. The molecule has 3 rings (SSSR count). The summed E-state index contributed by atoms with van der Waals surface area (Å²) in [6.45, 7) is 2.22. The van der Waals surface area contributed by atoms with Crippen LogP contribution in [0.3, 0.4) is 0 Å². The number of rotatable bonds is 3. The molecule has 2 aromatic rings. The van der Waals surface area contributed by atoms with E-state index in [1.54, 1.807) is 6.07 Å². The van der Waals surface area contributed by atoms with Crippen LogP contribution in [0.1, 0.15) is 29.0 Å². The minimum atomic E-state index is -0.154. The molecule has 0 saturated carbocycles. The highest BCUT2D eigenvalue weighted by Gasteiger charge is 2.18. The van der Waals surface area contributed by atoms with Gasteiger partial charge in [-0.2, -0.15) is 0 Å². The van der Waals surface area contributed by atoms with Crippen molar-refractivity contribution in [1.82, 2.24) is 10.6 Å². The second-order valence-electron chi connectivity index (χ2n) is 5.74. The second-order valence-corrected chi connectivity index (χ2v) is 5.74. The molecule has 1 aliphatic rings. The molecule has 24 heavy (non-hydrogen) atoms. The van der Waals surface area contributed by atoms with Gasteiger partial charge in [0, 0.05) is 17.2 Å². The minimum Gasteiger partial charge on any atom is -0.451 e. The number of benzene rings is 1. The predicted molar refractivity (Wildman–Crippen MR) is 93.4 cm³/mol. The Kier molecular flexibility index (Phi) is 5.32. The predicted octanol–water partition coefficient (Wildman–Crippen LogP) is 1.74. The van der Waals surface area contributed by atoms with E-state index >= 15 is 0 Å². The van der Waals surface area contributed by atoms with Gasteiger partial charge in [-0.25, -0.2) is 0 Å². The van der Waals surface area contributed by atoms with Crippen LogP contribution < -0.4 is 16.4 Å². The summed E-state index contributed by atoms with van der Waals surface area (Å²) in [6.07, 6.45) is 1.90. The molecule has 1 amide bonds. The van der Waals surface area contributed by atoms with Gasteiger partial charge in [-0.3, -0.25) is 4.79 Å². The van der Waals surface area contributed by atoms with Crippen LogP contribution in [0.5, 0.6) is 0 Å². The molecule has 1 fully saturated rings. The lowest BCUT2D eigenvalue weighted by Crippen LogP contribution is -2.42. The fourth-order valence-corrected chi connectivity index (χ4v) is 2.71. The zero-order chi connectivity index (χ0) is 16.8. The average Bonchev–Trinajstić information content (AvgIpc) is 3.11. The molecule has 5 nitrogen and oxygen atoms in total. The molecule has 0 aliphatic carbocycles. The summed E-state index contributed by atoms with van der Waals surface area (Å²) >= 11 is 0. The van der Waals surface area contributed by atoms with Gasteiger partial charge < -0.3 is 20.8 Å². The quantitative estimate of drug-likeness (QED) is 0.752. The summed E-state index contributed by atoms with van der Waals surface area (Å²) in [7, 11) is 0. The molecule has 1 aliphatic heterocycles. The smallest absolute Gasteiger partial charge is 0.287 e. The van der Waals surface area contributed by atoms with E-state index in [9.17, 15) is 4.79 Å². The van der Waals surface area contributed by atoms with Crippen molar-refractivity contribution in [3.05, 3.63) is 47.7 Å². The van der Waals surface area contributed by atoms with Crippen LogP contribution >= 0.6 is 0 Å². The molecule has 5 heteroatoms. The third kappa shape index (κ3) is 4.05. The molecule has 4 N–H and O–H groups in total. The summed E-state index contributed by atoms with van der Waals surface area (Å²) in [5.41, 5.74) is 7.18. The van der Waals surface area contributed by atoms with E-state index in [4.69, 9.17) is 10.2 Å². The van der Waals surface area contributed by atoms with Gasteiger partial charge in [-0.05, 0) is 50.2 Å². The van der Waals surface area contributed by atoms with Gasteiger partial charge >= 0.3 is 0 Å². The Bertz CT molecular complexity index is 747. The van der Waals surface area contributed by atoms with E-state index < -0.39 is 0 Å². The average molecular weight is 323 g/mol. The number of hydrogen-bond donors (Lipinski definition) is 3. The Labute approximate surface area is 141 Å². The molecule has 0 unspecified atom stereocenters. The zero-order valence-corrected chi connectivity index (χ0v) is 13.5. The van der Waals surface area contributed by atoms with E-state index in [2.05, 4.69) is 22.5 Å². The maximum absolute atomic E-state index is 12.3. The second kappa shape index (κ2) is 7.82. The minimum absolute atomic E-state index is 0.154. The van der Waals surface area contributed by atoms with Crippen LogP contribution in [0.4, 0.5) is 0 Å². The number of furan rings is 1. The number of piperidine rings is 1. The summed E-state index contributed by atoms with van der Waals surface area (Å²) in [6, 6.07) is 11.4. The maximum atomic E-state index is 12.3. The highest BCUT2D eigenvalue weighted by atomic mass is 16.3. The van der Waals surface area contributed by atoms with Crippen molar-refractivity contribution >= 4 is 5.91 Å². The Balaban J connectivity index is 1.67. The van der Waals surface area contributed by atoms with Gasteiger partial charge in [0.25, 0.3) is 5.91 Å². The molecule has 0 spiro atoms. The summed E-state index contributed by atoms with van der Waals surface area (Å²) in [4.78, 5) is 12.3. The molecule has 1 aromatic heterocycles. The molecule has 124 valence electrons. The highest BCUT2D eigenvalue weighted by molar-refractivity contribution is 5.92. The van der Waals surface area contributed by atoms with Crippen LogP contribution in [0.25, 0.3) is 11.3 Å². The lowest BCUT2D eigenvalue weighted by Gasteiger charge is -2.23. The standard InChI is InChI=1S/C19H21N3O2/c20-11-1-2-14-3-5-15(6-4-14)17-7-8-18(24-17)19(23)22-16-9-12-21-13-10-16/h3-8,16,21H,9-13,20H2,(H,22,23). The first-order chi connectivity index (χ1) is 11.8. The number of carbonyl (C=O) groups is 1. The Morgan fingerprint density at radius 3 is 2.67 bits per heavy atom. The van der Waals surface area contributed by atoms with Crippen LogP contribution in [0, 0.1) is 11.8 Å². The van der Waals surface area contributed by atoms with E-state index in [0.717, 1.165) is 37.1 Å². The number of nitrogens with one attached hydrogen (secondary N) is 2. The topological polar surface area (TPSA) is 80.3 Å². The van der Waals surface area contributed by atoms with Crippen molar-refractivity contribution < 1.29 is 9.21 Å². The van der Waals surface area contributed by atoms with Crippen LogP contribution in [0.15, 0.2) is 40.8 Å². The van der Waals surface area contributed by atoms with Gasteiger partial charge in [-0.1, -0.05) is 24.0 Å². The normalized spacial score (nSPS) is 14.7. The molecule has 0 radical (unpaired) electrons. The van der Waals surface area contributed by atoms with Crippen molar-refractivity contribution in [1.29, 1.82) is 0 Å². The first kappa shape index (κ1) is 16.3. The Morgan fingerprint density at radius 2 is 1.96 bits per heavy atom. The molecular formula is C19H21N3O2. The maximum Gasteiger partial charge on any atom is 0.287 e. The third-order valence-corrected chi connectivity index (χ3v) is 4.01. The van der Waals surface area contributed by atoms with E-state index in [-0.39, 0.29) is 11.9 Å². The molecule has 0 atom stereocenters. The van der Waals surface area contributed by atoms with E-state index in [1.807, 2.05) is 30.3 Å². The first-order valence-corrected chi connectivity index (χ1v) is 8.17. The number of carbonyl (C=O) groups excluding carboxylic acids is 1. The van der Waals surface area contributed by atoms with Crippen LogP contribution in [0.2, 0.25) is 0 Å². The first-order valence-electron chi connectivity index (χ1n) is 8.17. The molecule has 1 saturated heterocycles. The number of amides is 1. The van der Waals surface area contributed by atoms with Crippen molar-refractivity contribution in [2.24, 2.45) is 5.73 Å². The van der Waals surface area contributed by atoms with Gasteiger partial charge in [0.1, 0.15) is 5.76 Å². The van der Waals surface area contributed by atoms with Gasteiger partial charge in [0.15, 0.2) is 5.76 Å². The largest absolute Gasteiger partial charge is 0.451 e. The van der Waals surface area contributed by atoms with Crippen LogP contribution in [-0.4, -0.2) is 31.6 Å². The fourth-order valence-electron chi connectivity index (χ4n) is 2.71. The highest BCUT2D eigenvalue weighted by Crippen LogP contribution is 2.22. The summed E-state index contributed by atoms with van der Waals surface area (Å²) in [5, 5.41) is 6.31. The molecular weight excluding hydrogens is 302 g/mol. The van der Waals surface area contributed by atoms with E-state index in [0.29, 0.717) is 18.1 Å². The lowest BCUT2D eigenvalue weighted by molar-refractivity contribution is 0.0902. The Morgan fingerprint density at radius 1 is 1.21 bits per heavy atom. The van der Waals surface area contributed by atoms with Gasteiger partial charge in [0.2, 0.25) is 0 Å². The van der Waals surface area contributed by atoms with E-state index in [1.165, 1.54) is 0 Å². The van der Waals surface area contributed by atoms with Crippen molar-refractivity contribution in [3.63, 3.8) is 0 Å². The fraction of sp³-hybridized carbons (Fsp3) is 0.316. The zero-order valence-electron chi connectivity index (χ0n) is 13.5. The number of nitrogens with two attached hydrogens (primary N) is 1. The summed E-state index contributed by atoms with van der Waals surface area (Å²) in [5.74, 6) is 6.65. The van der Waals surface area contributed by atoms with Gasteiger partial charge in [-0.15, -0.1) is 0 Å². The van der Waals surface area contributed by atoms with Crippen LogP contribution in [-0.2, 0) is 0 Å². The van der Waals surface area contributed by atoms with Crippen molar-refractivity contribution in [2.75, 3.05) is 19.6 Å².